The van der Waals surface area contributed by atoms with Crippen LogP contribution < -0.4 is 0 Å². The van der Waals surface area contributed by atoms with Gasteiger partial charge >= 0.3 is 0 Å². The first-order valence-electron chi connectivity index (χ1n) is 2.60. The summed E-state index contributed by atoms with van der Waals surface area (Å²) in [5.74, 6) is 0. The fourth-order valence-electron chi connectivity index (χ4n) is 0.484. The lowest BCUT2D eigenvalue weighted by atomic mass is 10.3. The van der Waals surface area contributed by atoms with Crippen LogP contribution in [0.1, 0.15) is 5.56 Å². The molecule has 0 unspecified atom stereocenters. The molecule has 0 bridgehead atoms. The van der Waals surface area contributed by atoms with E-state index in [9.17, 15) is 0 Å². The van der Waals surface area contributed by atoms with Gasteiger partial charge < -0.3 is 9.63 Å². The van der Waals surface area contributed by atoms with Crippen molar-refractivity contribution in [3.05, 3.63) is 24.1 Å². The minimum absolute atomic E-state index is 0.0468. The van der Waals surface area contributed by atoms with E-state index >= 15 is 0 Å². The highest BCUT2D eigenvalue weighted by Crippen LogP contribution is 1.97. The summed E-state index contributed by atoms with van der Waals surface area (Å²) in [4.78, 5) is 0. The van der Waals surface area contributed by atoms with Crippen LogP contribution in [-0.4, -0.2) is 16.9 Å². The molecule has 0 fully saturated rings. The Balaban J connectivity index is 2.57. The summed E-state index contributed by atoms with van der Waals surface area (Å²) < 4.78 is 4.53. The van der Waals surface area contributed by atoms with Crippen LogP contribution in [0.2, 0.25) is 0 Å². The van der Waals surface area contributed by atoms with Crippen LogP contribution in [0.25, 0.3) is 6.08 Å². The van der Waals surface area contributed by atoms with E-state index in [1.165, 1.54) is 6.26 Å². The third-order valence-corrected chi connectivity index (χ3v) is 0.867. The Kier molecular flexibility index (Phi) is 2.04. The molecule has 1 aromatic heterocycles. The van der Waals surface area contributed by atoms with Crippen molar-refractivity contribution in [1.82, 2.24) is 5.16 Å². The van der Waals surface area contributed by atoms with Gasteiger partial charge in [-0.2, -0.15) is 0 Å². The Labute approximate surface area is 52.6 Å². The monoisotopic (exact) mass is 125 g/mol. The van der Waals surface area contributed by atoms with E-state index in [0.29, 0.717) is 0 Å². The van der Waals surface area contributed by atoms with E-state index in [-0.39, 0.29) is 6.61 Å². The van der Waals surface area contributed by atoms with Gasteiger partial charge in [-0.15, -0.1) is 0 Å². The highest BCUT2D eigenvalue weighted by atomic mass is 16.5. The standard InChI is InChI=1S/C6H7NO2/c8-3-1-2-6-4-7-9-5-6/h1-2,4-5,8H,3H2. The fourth-order valence-corrected chi connectivity index (χ4v) is 0.484. The number of aromatic nitrogens is 1. The Morgan fingerprint density at radius 2 is 2.67 bits per heavy atom. The Bertz CT molecular complexity index is 179. The second-order valence-corrected chi connectivity index (χ2v) is 1.54. The number of hydrogen-bond acceptors (Lipinski definition) is 3. The number of aliphatic hydroxyl groups is 1. The lowest BCUT2D eigenvalue weighted by Gasteiger charge is -1.76. The van der Waals surface area contributed by atoms with E-state index in [2.05, 4.69) is 9.68 Å². The van der Waals surface area contributed by atoms with Gasteiger partial charge in [0, 0.05) is 5.56 Å². The van der Waals surface area contributed by atoms with Crippen LogP contribution in [0.15, 0.2) is 23.1 Å². The first-order valence-corrected chi connectivity index (χ1v) is 2.60. The molecule has 0 spiro atoms. The zero-order chi connectivity index (χ0) is 6.53. The Morgan fingerprint density at radius 3 is 3.22 bits per heavy atom. The molecule has 0 amide bonds. The van der Waals surface area contributed by atoms with Gasteiger partial charge in [-0.3, -0.25) is 0 Å². The highest BCUT2D eigenvalue weighted by Gasteiger charge is 1.84. The third kappa shape index (κ3) is 1.70. The fraction of sp³-hybridized carbons (Fsp3) is 0.167. The molecule has 0 saturated carbocycles. The van der Waals surface area contributed by atoms with Crippen molar-refractivity contribution in [3.8, 4) is 0 Å². The molecular formula is C6H7NO2. The van der Waals surface area contributed by atoms with Crippen LogP contribution in [-0.2, 0) is 0 Å². The molecule has 48 valence electrons. The lowest BCUT2D eigenvalue weighted by molar-refractivity contribution is 0.343. The van der Waals surface area contributed by atoms with E-state index in [1.54, 1.807) is 18.3 Å². The van der Waals surface area contributed by atoms with Crippen molar-refractivity contribution in [2.45, 2.75) is 0 Å². The topological polar surface area (TPSA) is 46.3 Å². The van der Waals surface area contributed by atoms with Gasteiger partial charge in [0.15, 0.2) is 0 Å². The molecule has 0 saturated heterocycles. The molecule has 3 nitrogen and oxygen atoms in total. The normalized spacial score (nSPS) is 10.8. The van der Waals surface area contributed by atoms with Crippen LogP contribution >= 0.6 is 0 Å². The Morgan fingerprint density at radius 1 is 1.78 bits per heavy atom. The van der Waals surface area contributed by atoms with Crippen LogP contribution in [0.5, 0.6) is 0 Å². The molecule has 0 aliphatic heterocycles. The van der Waals surface area contributed by atoms with Crippen LogP contribution in [0.3, 0.4) is 0 Å². The first kappa shape index (κ1) is 6.04. The summed E-state index contributed by atoms with van der Waals surface area (Å²) >= 11 is 0. The maximum Gasteiger partial charge on any atom is 0.131 e. The smallest absolute Gasteiger partial charge is 0.131 e. The number of aliphatic hydroxyl groups excluding tert-OH is 1. The number of hydrogen-bond donors (Lipinski definition) is 1. The molecule has 0 atom stereocenters. The van der Waals surface area contributed by atoms with E-state index in [1.807, 2.05) is 0 Å². The van der Waals surface area contributed by atoms with Crippen molar-refractivity contribution in [1.29, 1.82) is 0 Å². The predicted molar refractivity (Wildman–Crippen MR) is 32.6 cm³/mol. The summed E-state index contributed by atoms with van der Waals surface area (Å²) in [7, 11) is 0. The summed E-state index contributed by atoms with van der Waals surface area (Å²) in [5, 5.41) is 11.8. The van der Waals surface area contributed by atoms with Crippen molar-refractivity contribution in [2.75, 3.05) is 6.61 Å². The summed E-state index contributed by atoms with van der Waals surface area (Å²) in [6.07, 6.45) is 6.43. The van der Waals surface area contributed by atoms with Crippen molar-refractivity contribution >= 4 is 6.08 Å². The molecule has 9 heavy (non-hydrogen) atoms. The summed E-state index contributed by atoms with van der Waals surface area (Å²) in [6.45, 7) is 0.0468. The molecule has 0 radical (unpaired) electrons. The number of nitrogens with zero attached hydrogens (tertiary/aromatic N) is 1. The molecular weight excluding hydrogens is 118 g/mol. The zero-order valence-electron chi connectivity index (χ0n) is 4.82. The Hall–Kier alpha value is -1.09. The van der Waals surface area contributed by atoms with Gasteiger partial charge in [-0.1, -0.05) is 17.3 Å². The second kappa shape index (κ2) is 3.04. The van der Waals surface area contributed by atoms with Crippen molar-refractivity contribution < 1.29 is 9.63 Å². The zero-order valence-corrected chi connectivity index (χ0v) is 4.82. The average Bonchev–Trinajstić information content (AvgIpc) is 2.34. The van der Waals surface area contributed by atoms with E-state index in [0.717, 1.165) is 5.56 Å². The lowest BCUT2D eigenvalue weighted by Crippen LogP contribution is -1.69. The van der Waals surface area contributed by atoms with E-state index < -0.39 is 0 Å². The minimum atomic E-state index is 0.0468. The molecule has 3 heteroatoms. The second-order valence-electron chi connectivity index (χ2n) is 1.54. The van der Waals surface area contributed by atoms with Gasteiger partial charge in [0.05, 0.1) is 12.8 Å². The summed E-state index contributed by atoms with van der Waals surface area (Å²) in [6, 6.07) is 0. The van der Waals surface area contributed by atoms with Gasteiger partial charge in [-0.05, 0) is 0 Å². The van der Waals surface area contributed by atoms with Gasteiger partial charge in [0.25, 0.3) is 0 Å². The highest BCUT2D eigenvalue weighted by molar-refractivity contribution is 5.45. The maximum atomic E-state index is 8.33. The molecule has 0 aliphatic rings. The first-order chi connectivity index (χ1) is 4.43. The molecule has 0 aromatic carbocycles. The van der Waals surface area contributed by atoms with E-state index in [4.69, 9.17) is 5.11 Å². The SMILES string of the molecule is OCC=Cc1cnoc1. The quantitative estimate of drug-likeness (QED) is 0.632. The predicted octanol–water partition coefficient (Wildman–Crippen LogP) is 0.680. The van der Waals surface area contributed by atoms with Crippen molar-refractivity contribution in [2.24, 2.45) is 0 Å². The molecule has 0 aliphatic carbocycles. The van der Waals surface area contributed by atoms with Gasteiger partial charge in [-0.25, -0.2) is 0 Å². The minimum Gasteiger partial charge on any atom is -0.392 e. The number of rotatable bonds is 2. The molecule has 1 rings (SSSR count). The summed E-state index contributed by atoms with van der Waals surface area (Å²) in [5.41, 5.74) is 0.865. The van der Waals surface area contributed by atoms with Gasteiger partial charge in [0.2, 0.25) is 0 Å². The molecule has 1 heterocycles. The average molecular weight is 125 g/mol. The molecule has 1 aromatic rings. The van der Waals surface area contributed by atoms with Gasteiger partial charge in [0.1, 0.15) is 6.26 Å². The maximum absolute atomic E-state index is 8.33. The van der Waals surface area contributed by atoms with Crippen LogP contribution in [0.4, 0.5) is 0 Å². The van der Waals surface area contributed by atoms with Crippen molar-refractivity contribution in [3.63, 3.8) is 0 Å². The molecule has 1 N–H and O–H groups in total. The largest absolute Gasteiger partial charge is 0.392 e. The van der Waals surface area contributed by atoms with Crippen LogP contribution in [0, 0.1) is 0 Å². The third-order valence-electron chi connectivity index (χ3n) is 0.867.